The molecule has 2 aliphatic rings. The van der Waals surface area contributed by atoms with Crippen LogP contribution in [0.15, 0.2) is 48.5 Å². The fourth-order valence-corrected chi connectivity index (χ4v) is 4.42. The maximum atomic E-state index is 13.7. The molecular formula is C23H26N2O2. The monoisotopic (exact) mass is 362 g/mol. The first-order valence-electron chi connectivity index (χ1n) is 9.83. The Labute approximate surface area is 160 Å². The Kier molecular flexibility index (Phi) is 4.83. The summed E-state index contributed by atoms with van der Waals surface area (Å²) in [6.07, 6.45) is 1.78. The van der Waals surface area contributed by atoms with E-state index in [4.69, 9.17) is 0 Å². The lowest BCUT2D eigenvalue weighted by atomic mass is 9.77. The number of para-hydroxylation sites is 1. The lowest BCUT2D eigenvalue weighted by molar-refractivity contribution is -0.125. The molecule has 2 heterocycles. The van der Waals surface area contributed by atoms with Crippen molar-refractivity contribution < 1.29 is 9.59 Å². The highest BCUT2D eigenvalue weighted by molar-refractivity contribution is 6.09. The van der Waals surface area contributed by atoms with Crippen LogP contribution in [0.4, 0.5) is 5.69 Å². The van der Waals surface area contributed by atoms with Crippen molar-refractivity contribution in [2.75, 3.05) is 18.4 Å². The molecule has 4 nitrogen and oxygen atoms in total. The van der Waals surface area contributed by atoms with Crippen LogP contribution in [0.5, 0.6) is 0 Å². The standard InChI is InChI=1S/C23H26N2O2/c1-15(2)25-13-11-16(12-14-25)22(26)21-17-7-3-4-8-18(17)23(27)24-20-10-6-5-9-19(20)21/h3-10,15-16,21H,11-14H2,1-2H3,(H,24,27). The van der Waals surface area contributed by atoms with Crippen LogP contribution in [0.3, 0.4) is 0 Å². The molecule has 140 valence electrons. The van der Waals surface area contributed by atoms with E-state index >= 15 is 0 Å². The number of rotatable bonds is 3. The Morgan fingerprint density at radius 3 is 2.33 bits per heavy atom. The first kappa shape index (κ1) is 17.9. The fourth-order valence-electron chi connectivity index (χ4n) is 4.42. The molecule has 2 aliphatic heterocycles. The molecule has 1 amide bonds. The van der Waals surface area contributed by atoms with Gasteiger partial charge >= 0.3 is 0 Å². The molecular weight excluding hydrogens is 336 g/mol. The molecule has 0 bridgehead atoms. The molecule has 1 fully saturated rings. The smallest absolute Gasteiger partial charge is 0.255 e. The Bertz CT molecular complexity index is 866. The van der Waals surface area contributed by atoms with Gasteiger partial charge in [0.2, 0.25) is 0 Å². The Balaban J connectivity index is 1.72. The van der Waals surface area contributed by atoms with Crippen molar-refractivity contribution in [1.82, 2.24) is 4.90 Å². The van der Waals surface area contributed by atoms with Crippen LogP contribution in [0.1, 0.15) is 54.1 Å². The third-order valence-electron chi connectivity index (χ3n) is 5.98. The number of hydrogen-bond acceptors (Lipinski definition) is 3. The number of piperidine rings is 1. The number of hydrogen-bond donors (Lipinski definition) is 1. The first-order valence-corrected chi connectivity index (χ1v) is 9.83. The van der Waals surface area contributed by atoms with Crippen LogP contribution in [-0.4, -0.2) is 35.7 Å². The fraction of sp³-hybridized carbons (Fsp3) is 0.391. The molecule has 4 heteroatoms. The zero-order valence-electron chi connectivity index (χ0n) is 15.9. The van der Waals surface area contributed by atoms with E-state index in [-0.39, 0.29) is 23.5 Å². The summed E-state index contributed by atoms with van der Waals surface area (Å²) in [7, 11) is 0. The van der Waals surface area contributed by atoms with Crippen molar-refractivity contribution in [3.8, 4) is 0 Å². The number of ketones is 1. The molecule has 1 unspecified atom stereocenters. The highest BCUT2D eigenvalue weighted by atomic mass is 16.2. The predicted molar refractivity (Wildman–Crippen MR) is 107 cm³/mol. The van der Waals surface area contributed by atoms with Crippen molar-refractivity contribution in [3.05, 3.63) is 65.2 Å². The van der Waals surface area contributed by atoms with Gasteiger partial charge in [0.25, 0.3) is 5.91 Å². The molecule has 2 aromatic rings. The van der Waals surface area contributed by atoms with Crippen LogP contribution in [0.2, 0.25) is 0 Å². The maximum Gasteiger partial charge on any atom is 0.255 e. The SMILES string of the molecule is CC(C)N1CCC(C(=O)C2c3ccccc3NC(=O)c3ccccc32)CC1. The predicted octanol–water partition coefficient (Wildman–Crippen LogP) is 4.07. The second-order valence-electron chi connectivity index (χ2n) is 7.87. The highest BCUT2D eigenvalue weighted by Gasteiger charge is 2.36. The van der Waals surface area contributed by atoms with Gasteiger partial charge in [-0.2, -0.15) is 0 Å². The minimum atomic E-state index is -0.382. The molecule has 0 aliphatic carbocycles. The van der Waals surface area contributed by atoms with Crippen molar-refractivity contribution in [2.24, 2.45) is 5.92 Å². The maximum absolute atomic E-state index is 13.7. The molecule has 2 aromatic carbocycles. The van der Waals surface area contributed by atoms with Gasteiger partial charge in [0.05, 0.1) is 5.92 Å². The van der Waals surface area contributed by atoms with Crippen LogP contribution in [0, 0.1) is 5.92 Å². The van der Waals surface area contributed by atoms with Crippen molar-refractivity contribution in [1.29, 1.82) is 0 Å². The summed E-state index contributed by atoms with van der Waals surface area (Å²) < 4.78 is 0. The minimum Gasteiger partial charge on any atom is -0.322 e. The van der Waals surface area contributed by atoms with E-state index < -0.39 is 0 Å². The zero-order chi connectivity index (χ0) is 19.0. The zero-order valence-corrected chi connectivity index (χ0v) is 15.9. The van der Waals surface area contributed by atoms with E-state index in [0.29, 0.717) is 11.6 Å². The summed E-state index contributed by atoms with van der Waals surface area (Å²) in [4.78, 5) is 28.8. The van der Waals surface area contributed by atoms with Crippen molar-refractivity contribution in [2.45, 2.75) is 38.6 Å². The van der Waals surface area contributed by atoms with Crippen LogP contribution in [0.25, 0.3) is 0 Å². The number of likely N-dealkylation sites (tertiary alicyclic amines) is 1. The van der Waals surface area contributed by atoms with Crippen molar-refractivity contribution in [3.63, 3.8) is 0 Å². The van der Waals surface area contributed by atoms with Gasteiger partial charge in [-0.05, 0) is 63.0 Å². The minimum absolute atomic E-state index is 0.0410. The molecule has 0 spiro atoms. The van der Waals surface area contributed by atoms with Crippen LogP contribution >= 0.6 is 0 Å². The van der Waals surface area contributed by atoms with E-state index in [9.17, 15) is 9.59 Å². The van der Waals surface area contributed by atoms with Gasteiger partial charge in [-0.3, -0.25) is 9.59 Å². The van der Waals surface area contributed by atoms with Gasteiger partial charge in [0.15, 0.2) is 0 Å². The molecule has 1 atom stereocenters. The van der Waals surface area contributed by atoms with E-state index in [1.807, 2.05) is 48.5 Å². The normalized spacial score (nSPS) is 20.6. The van der Waals surface area contributed by atoms with Gasteiger partial charge in [-0.25, -0.2) is 0 Å². The topological polar surface area (TPSA) is 49.4 Å². The first-order chi connectivity index (χ1) is 13.1. The van der Waals surface area contributed by atoms with Gasteiger partial charge in [-0.1, -0.05) is 36.4 Å². The molecule has 4 rings (SSSR count). The number of carbonyl (C=O) groups excluding carboxylic acids is 2. The van der Waals surface area contributed by atoms with Crippen molar-refractivity contribution >= 4 is 17.4 Å². The number of nitrogens with one attached hydrogen (secondary N) is 1. The lowest BCUT2D eigenvalue weighted by Gasteiger charge is -2.35. The summed E-state index contributed by atoms with van der Waals surface area (Å²) in [5.41, 5.74) is 3.09. The summed E-state index contributed by atoms with van der Waals surface area (Å²) in [6, 6.07) is 15.8. The molecule has 1 saturated heterocycles. The highest BCUT2D eigenvalue weighted by Crippen LogP contribution is 2.39. The van der Waals surface area contributed by atoms with E-state index in [1.54, 1.807) is 0 Å². The summed E-state index contributed by atoms with van der Waals surface area (Å²) in [5, 5.41) is 2.99. The number of amides is 1. The van der Waals surface area contributed by atoms with E-state index in [0.717, 1.165) is 42.7 Å². The van der Waals surface area contributed by atoms with Crippen LogP contribution < -0.4 is 5.32 Å². The average molecular weight is 362 g/mol. The summed E-state index contributed by atoms with van der Waals surface area (Å²) in [5.74, 6) is -0.232. The second-order valence-corrected chi connectivity index (χ2v) is 7.87. The number of anilines is 1. The van der Waals surface area contributed by atoms with Crippen LogP contribution in [-0.2, 0) is 4.79 Å². The van der Waals surface area contributed by atoms with Gasteiger partial charge in [0.1, 0.15) is 5.78 Å². The van der Waals surface area contributed by atoms with E-state index in [1.165, 1.54) is 0 Å². The third-order valence-corrected chi connectivity index (χ3v) is 5.98. The van der Waals surface area contributed by atoms with Gasteiger partial charge in [0, 0.05) is 23.2 Å². The Morgan fingerprint density at radius 2 is 1.63 bits per heavy atom. The van der Waals surface area contributed by atoms with Gasteiger partial charge < -0.3 is 10.2 Å². The number of Topliss-reactive ketones (excluding diaryl/α,β-unsaturated/α-hetero) is 1. The van der Waals surface area contributed by atoms with E-state index in [2.05, 4.69) is 24.1 Å². The molecule has 27 heavy (non-hydrogen) atoms. The number of fused-ring (bicyclic) bond motifs is 2. The quantitative estimate of drug-likeness (QED) is 0.895. The number of carbonyl (C=O) groups is 2. The average Bonchev–Trinajstić information content (AvgIpc) is 2.81. The lowest BCUT2D eigenvalue weighted by Crippen LogP contribution is -2.41. The number of nitrogens with zero attached hydrogens (tertiary/aromatic N) is 1. The molecule has 0 aromatic heterocycles. The Morgan fingerprint density at radius 1 is 1.00 bits per heavy atom. The molecule has 0 saturated carbocycles. The number of benzene rings is 2. The summed E-state index contributed by atoms with van der Waals surface area (Å²) >= 11 is 0. The van der Waals surface area contributed by atoms with Gasteiger partial charge in [-0.15, -0.1) is 0 Å². The third kappa shape index (κ3) is 3.30. The second kappa shape index (κ2) is 7.28. The largest absolute Gasteiger partial charge is 0.322 e. The Hall–Kier alpha value is -2.46. The molecule has 1 N–H and O–H groups in total. The summed E-state index contributed by atoms with van der Waals surface area (Å²) in [6.45, 7) is 6.33. The molecule has 0 radical (unpaired) electrons.